The van der Waals surface area contributed by atoms with E-state index in [0.29, 0.717) is 5.92 Å². The van der Waals surface area contributed by atoms with Gasteiger partial charge in [-0.25, -0.2) is 0 Å². The van der Waals surface area contributed by atoms with Crippen molar-refractivity contribution in [2.45, 2.75) is 48.0 Å². The molecule has 0 aromatic rings. The zero-order chi connectivity index (χ0) is 9.72. The SMILES string of the molecule is C/C(=C\CC(C)C(C)C)C(C)C. The summed E-state index contributed by atoms with van der Waals surface area (Å²) in [5.41, 5.74) is 1.53. The van der Waals surface area contributed by atoms with E-state index in [1.165, 1.54) is 12.0 Å². The van der Waals surface area contributed by atoms with Crippen LogP contribution in [0, 0.1) is 17.8 Å². The summed E-state index contributed by atoms with van der Waals surface area (Å²) in [4.78, 5) is 0. The van der Waals surface area contributed by atoms with Crippen molar-refractivity contribution in [2.24, 2.45) is 17.8 Å². The molecule has 0 nitrogen and oxygen atoms in total. The molecule has 0 saturated carbocycles. The third kappa shape index (κ3) is 4.58. The van der Waals surface area contributed by atoms with Crippen LogP contribution >= 0.6 is 0 Å². The average molecular weight is 168 g/mol. The molecule has 0 radical (unpaired) electrons. The highest BCUT2D eigenvalue weighted by atomic mass is 14.1. The summed E-state index contributed by atoms with van der Waals surface area (Å²) >= 11 is 0. The Labute approximate surface area is 78.1 Å². The van der Waals surface area contributed by atoms with Gasteiger partial charge in [0.05, 0.1) is 0 Å². The fraction of sp³-hybridized carbons (Fsp3) is 0.833. The molecule has 72 valence electrons. The lowest BCUT2D eigenvalue weighted by atomic mass is 9.92. The summed E-state index contributed by atoms with van der Waals surface area (Å²) in [6, 6.07) is 0. The zero-order valence-electron chi connectivity index (χ0n) is 9.52. The lowest BCUT2D eigenvalue weighted by Gasteiger charge is -2.14. The fourth-order valence-corrected chi connectivity index (χ4v) is 0.880. The van der Waals surface area contributed by atoms with Gasteiger partial charge in [-0.2, -0.15) is 0 Å². The molecular formula is C12H24. The molecule has 1 unspecified atom stereocenters. The lowest BCUT2D eigenvalue weighted by molar-refractivity contribution is 0.422. The van der Waals surface area contributed by atoms with Crippen LogP contribution in [0.2, 0.25) is 0 Å². The van der Waals surface area contributed by atoms with E-state index in [0.717, 1.165) is 11.8 Å². The van der Waals surface area contributed by atoms with Crippen LogP contribution in [0.5, 0.6) is 0 Å². The van der Waals surface area contributed by atoms with Gasteiger partial charge in [0.15, 0.2) is 0 Å². The molecule has 0 N–H and O–H groups in total. The summed E-state index contributed by atoms with van der Waals surface area (Å²) in [5.74, 6) is 2.34. The summed E-state index contributed by atoms with van der Waals surface area (Å²) in [6.45, 7) is 13.7. The topological polar surface area (TPSA) is 0 Å². The van der Waals surface area contributed by atoms with Crippen LogP contribution < -0.4 is 0 Å². The van der Waals surface area contributed by atoms with Gasteiger partial charge in [0, 0.05) is 0 Å². The number of allylic oxidation sites excluding steroid dienone is 2. The highest BCUT2D eigenvalue weighted by Gasteiger charge is 2.05. The van der Waals surface area contributed by atoms with E-state index in [1.807, 2.05) is 0 Å². The first-order valence-corrected chi connectivity index (χ1v) is 5.11. The molecule has 0 heterocycles. The Balaban J connectivity index is 3.87. The van der Waals surface area contributed by atoms with Crippen molar-refractivity contribution in [2.75, 3.05) is 0 Å². The minimum absolute atomic E-state index is 0.712. The first-order chi connectivity index (χ1) is 5.45. The van der Waals surface area contributed by atoms with Crippen molar-refractivity contribution in [1.29, 1.82) is 0 Å². The maximum Gasteiger partial charge on any atom is -0.0263 e. The van der Waals surface area contributed by atoms with E-state index in [1.54, 1.807) is 0 Å². The summed E-state index contributed by atoms with van der Waals surface area (Å²) < 4.78 is 0. The predicted molar refractivity (Wildman–Crippen MR) is 57.2 cm³/mol. The van der Waals surface area contributed by atoms with Gasteiger partial charge in [-0.05, 0) is 31.1 Å². The number of rotatable bonds is 4. The maximum atomic E-state index is 2.40. The average Bonchev–Trinajstić information content (AvgIpc) is 1.98. The Morgan fingerprint density at radius 2 is 1.58 bits per heavy atom. The largest absolute Gasteiger partial charge is 0.0851 e. The van der Waals surface area contributed by atoms with Gasteiger partial charge in [-0.3, -0.25) is 0 Å². The predicted octanol–water partition coefficient (Wildman–Crippen LogP) is 4.27. The molecule has 0 aliphatic carbocycles. The van der Waals surface area contributed by atoms with Crippen LogP contribution in [0.25, 0.3) is 0 Å². The van der Waals surface area contributed by atoms with Crippen LogP contribution in [-0.2, 0) is 0 Å². The Bertz CT molecular complexity index is 140. The van der Waals surface area contributed by atoms with Gasteiger partial charge in [0.1, 0.15) is 0 Å². The molecule has 0 amide bonds. The van der Waals surface area contributed by atoms with Gasteiger partial charge in [-0.15, -0.1) is 0 Å². The van der Waals surface area contributed by atoms with Crippen LogP contribution in [0.3, 0.4) is 0 Å². The normalized spacial score (nSPS) is 15.8. The van der Waals surface area contributed by atoms with E-state index in [-0.39, 0.29) is 0 Å². The summed E-state index contributed by atoms with van der Waals surface area (Å²) in [5, 5.41) is 0. The highest BCUT2D eigenvalue weighted by Crippen LogP contribution is 2.17. The molecule has 0 aromatic carbocycles. The molecule has 12 heavy (non-hydrogen) atoms. The number of hydrogen-bond donors (Lipinski definition) is 0. The van der Waals surface area contributed by atoms with Crippen LogP contribution in [-0.4, -0.2) is 0 Å². The van der Waals surface area contributed by atoms with Crippen molar-refractivity contribution < 1.29 is 0 Å². The molecule has 0 aliphatic rings. The summed E-state index contributed by atoms with van der Waals surface area (Å²) in [7, 11) is 0. The Morgan fingerprint density at radius 3 is 1.92 bits per heavy atom. The van der Waals surface area contributed by atoms with Gasteiger partial charge in [-0.1, -0.05) is 46.3 Å². The van der Waals surface area contributed by atoms with E-state index >= 15 is 0 Å². The first-order valence-electron chi connectivity index (χ1n) is 5.11. The quantitative estimate of drug-likeness (QED) is 0.550. The monoisotopic (exact) mass is 168 g/mol. The molecular weight excluding hydrogens is 144 g/mol. The second-order valence-electron chi connectivity index (χ2n) is 4.56. The van der Waals surface area contributed by atoms with Gasteiger partial charge >= 0.3 is 0 Å². The number of hydrogen-bond acceptors (Lipinski definition) is 0. The Morgan fingerprint density at radius 1 is 1.08 bits per heavy atom. The van der Waals surface area contributed by atoms with Crippen LogP contribution in [0.1, 0.15) is 48.0 Å². The third-order valence-electron chi connectivity index (χ3n) is 2.86. The van der Waals surface area contributed by atoms with Crippen molar-refractivity contribution in [3.8, 4) is 0 Å². The second-order valence-corrected chi connectivity index (χ2v) is 4.56. The van der Waals surface area contributed by atoms with Crippen molar-refractivity contribution in [1.82, 2.24) is 0 Å². The summed E-state index contributed by atoms with van der Waals surface area (Å²) in [6.07, 6.45) is 3.64. The zero-order valence-corrected chi connectivity index (χ0v) is 9.52. The minimum atomic E-state index is 0.712. The van der Waals surface area contributed by atoms with Gasteiger partial charge < -0.3 is 0 Å². The fourth-order valence-electron chi connectivity index (χ4n) is 0.880. The lowest BCUT2D eigenvalue weighted by Crippen LogP contribution is -2.02. The molecule has 0 spiro atoms. The Kier molecular flexibility index (Phi) is 5.28. The molecule has 0 rings (SSSR count). The Hall–Kier alpha value is -0.260. The molecule has 0 bridgehead atoms. The smallest absolute Gasteiger partial charge is 0.0263 e. The standard InChI is InChI=1S/C12H24/c1-9(2)11(5)7-8-12(6)10(3)4/h7,9-10,12H,8H2,1-6H3/b11-7+. The molecule has 0 fully saturated rings. The van der Waals surface area contributed by atoms with Crippen molar-refractivity contribution >= 4 is 0 Å². The molecule has 0 aromatic heterocycles. The third-order valence-corrected chi connectivity index (χ3v) is 2.86. The van der Waals surface area contributed by atoms with E-state index in [9.17, 15) is 0 Å². The van der Waals surface area contributed by atoms with Gasteiger partial charge in [0.2, 0.25) is 0 Å². The molecule has 0 aliphatic heterocycles. The minimum Gasteiger partial charge on any atom is -0.0851 e. The van der Waals surface area contributed by atoms with Crippen LogP contribution in [0.15, 0.2) is 11.6 Å². The van der Waals surface area contributed by atoms with Crippen molar-refractivity contribution in [3.05, 3.63) is 11.6 Å². The van der Waals surface area contributed by atoms with E-state index < -0.39 is 0 Å². The maximum absolute atomic E-state index is 2.40. The van der Waals surface area contributed by atoms with Crippen molar-refractivity contribution in [3.63, 3.8) is 0 Å². The molecule has 0 heteroatoms. The molecule has 0 saturated heterocycles. The van der Waals surface area contributed by atoms with Crippen LogP contribution in [0.4, 0.5) is 0 Å². The van der Waals surface area contributed by atoms with Gasteiger partial charge in [0.25, 0.3) is 0 Å². The molecule has 1 atom stereocenters. The first kappa shape index (κ1) is 11.7. The second kappa shape index (κ2) is 5.40. The van der Waals surface area contributed by atoms with E-state index in [4.69, 9.17) is 0 Å². The van der Waals surface area contributed by atoms with E-state index in [2.05, 4.69) is 47.6 Å². The highest BCUT2D eigenvalue weighted by molar-refractivity contribution is 5.01.